The van der Waals surface area contributed by atoms with E-state index in [1.165, 1.54) is 12.3 Å². The van der Waals surface area contributed by atoms with E-state index in [0.29, 0.717) is 11.5 Å². The highest BCUT2D eigenvalue weighted by Crippen LogP contribution is 2.47. The molecular weight excluding hydrogens is 631 g/mol. The molecule has 48 heavy (non-hydrogen) atoms. The Bertz CT molecular complexity index is 1740. The minimum atomic E-state index is -2.57. The molecule has 0 amide bonds. The van der Waals surface area contributed by atoms with Crippen LogP contribution in [0.5, 0.6) is 11.5 Å². The van der Waals surface area contributed by atoms with E-state index >= 15 is 4.39 Å². The van der Waals surface area contributed by atoms with E-state index in [9.17, 15) is 9.59 Å². The van der Waals surface area contributed by atoms with Gasteiger partial charge >= 0.3 is 5.69 Å². The maximum absolute atomic E-state index is 16.8. The average Bonchev–Trinajstić information content (AvgIpc) is 3.38. The summed E-state index contributed by atoms with van der Waals surface area (Å²) in [5.41, 5.74) is -0.127. The van der Waals surface area contributed by atoms with Crippen molar-refractivity contribution in [3.63, 3.8) is 0 Å². The number of nitrogens with zero attached hydrogens (tertiary/aromatic N) is 1. The first-order valence-corrected chi connectivity index (χ1v) is 18.9. The molecule has 1 fully saturated rings. The number of nitrogens with one attached hydrogen (secondary N) is 1. The molecule has 2 heterocycles. The lowest BCUT2D eigenvalue weighted by atomic mass is 9.79. The Morgan fingerprint density at radius 3 is 1.83 bits per heavy atom. The van der Waals surface area contributed by atoms with Crippen LogP contribution in [-0.4, -0.2) is 56.6 Å². The number of H-pyrrole nitrogens is 1. The standard InChI is InChI=1S/C37H45FN2O7Si/c1-24(32-33(47-48(7,8)36(2,3)4)31(38)34(45-32)40-23-22-30(41)39-35(40)42)46-37(25-12-10-9-11-13-25,26-14-18-28(43-5)19-15-26)27-16-20-29(44-6)21-17-27/h9-24,31-34H,1-8H3,(H,39,41,42)/t24-,31+,32?,33-,34+/m0/s1. The van der Waals surface area contributed by atoms with Gasteiger partial charge in [0.25, 0.3) is 5.56 Å². The molecule has 1 aliphatic heterocycles. The number of hydrogen-bond donors (Lipinski definition) is 1. The van der Waals surface area contributed by atoms with Gasteiger partial charge in [0.15, 0.2) is 20.7 Å². The van der Waals surface area contributed by atoms with Crippen molar-refractivity contribution in [2.45, 2.75) is 82.1 Å². The van der Waals surface area contributed by atoms with Crippen molar-refractivity contribution >= 4 is 8.32 Å². The predicted molar refractivity (Wildman–Crippen MR) is 185 cm³/mol. The first kappa shape index (κ1) is 35.3. The summed E-state index contributed by atoms with van der Waals surface area (Å²) in [6.07, 6.45) is -4.66. The second-order valence-corrected chi connectivity index (χ2v) is 18.4. The second-order valence-electron chi connectivity index (χ2n) is 13.6. The molecule has 4 aromatic rings. The fourth-order valence-corrected chi connectivity index (χ4v) is 7.20. The van der Waals surface area contributed by atoms with Gasteiger partial charge in [-0.1, -0.05) is 75.4 Å². The first-order chi connectivity index (χ1) is 22.7. The zero-order valence-corrected chi connectivity index (χ0v) is 29.7. The van der Waals surface area contributed by atoms with Crippen molar-refractivity contribution in [1.82, 2.24) is 9.55 Å². The van der Waals surface area contributed by atoms with Gasteiger partial charge in [-0.3, -0.25) is 14.3 Å². The Labute approximate surface area is 281 Å². The Hall–Kier alpha value is -4.03. The van der Waals surface area contributed by atoms with Crippen LogP contribution in [0, 0.1) is 0 Å². The van der Waals surface area contributed by atoms with Gasteiger partial charge in [0.2, 0.25) is 0 Å². The van der Waals surface area contributed by atoms with Crippen LogP contribution >= 0.6 is 0 Å². The predicted octanol–water partition coefficient (Wildman–Crippen LogP) is 6.58. The van der Waals surface area contributed by atoms with Crippen LogP contribution in [0.25, 0.3) is 0 Å². The summed E-state index contributed by atoms with van der Waals surface area (Å²) in [4.78, 5) is 26.9. The Morgan fingerprint density at radius 1 is 0.833 bits per heavy atom. The van der Waals surface area contributed by atoms with E-state index in [-0.39, 0.29) is 5.04 Å². The van der Waals surface area contributed by atoms with Gasteiger partial charge in [0.05, 0.1) is 20.3 Å². The van der Waals surface area contributed by atoms with Gasteiger partial charge in [-0.25, -0.2) is 9.18 Å². The van der Waals surface area contributed by atoms with Gasteiger partial charge in [0, 0.05) is 12.3 Å². The summed E-state index contributed by atoms with van der Waals surface area (Å²) in [6, 6.07) is 26.2. The molecule has 1 saturated heterocycles. The molecule has 0 bridgehead atoms. The van der Waals surface area contributed by atoms with Gasteiger partial charge in [0.1, 0.15) is 29.3 Å². The van der Waals surface area contributed by atoms with Crippen LogP contribution in [0.2, 0.25) is 18.1 Å². The molecule has 11 heteroatoms. The SMILES string of the molecule is COc1ccc(C(O[C@@H](C)C2O[C@@H](n3ccc(=O)[nH]c3=O)[C@H](F)[C@@H]2O[Si](C)(C)C(C)(C)C)(c2ccccc2)c2ccc(OC)cc2)cc1. The van der Waals surface area contributed by atoms with E-state index < -0.39 is 55.9 Å². The number of methoxy groups -OCH3 is 2. The first-order valence-electron chi connectivity index (χ1n) is 16.0. The largest absolute Gasteiger partial charge is 0.497 e. The average molecular weight is 677 g/mol. The zero-order valence-electron chi connectivity index (χ0n) is 28.7. The fourth-order valence-electron chi connectivity index (χ4n) is 5.90. The van der Waals surface area contributed by atoms with Gasteiger partial charge in [-0.05, 0) is 66.0 Å². The van der Waals surface area contributed by atoms with E-state index in [0.717, 1.165) is 21.3 Å². The summed E-state index contributed by atoms with van der Waals surface area (Å²) in [6.45, 7) is 12.2. The number of alkyl halides is 1. The summed E-state index contributed by atoms with van der Waals surface area (Å²) in [5, 5.41) is -0.242. The van der Waals surface area contributed by atoms with Crippen molar-refractivity contribution < 1.29 is 27.8 Å². The lowest BCUT2D eigenvalue weighted by Crippen LogP contribution is -2.51. The molecule has 1 aliphatic rings. The molecule has 9 nitrogen and oxygen atoms in total. The molecule has 5 atom stereocenters. The maximum Gasteiger partial charge on any atom is 0.330 e. The zero-order chi connectivity index (χ0) is 34.9. The summed E-state index contributed by atoms with van der Waals surface area (Å²) >= 11 is 0. The van der Waals surface area contributed by atoms with Crippen LogP contribution in [0.3, 0.4) is 0 Å². The van der Waals surface area contributed by atoms with Gasteiger partial charge in [-0.2, -0.15) is 0 Å². The summed E-state index contributed by atoms with van der Waals surface area (Å²) < 4.78 is 49.2. The molecule has 0 spiro atoms. The summed E-state index contributed by atoms with van der Waals surface area (Å²) in [7, 11) is 0.648. The van der Waals surface area contributed by atoms with Crippen molar-refractivity contribution in [3.05, 3.63) is 129 Å². The van der Waals surface area contributed by atoms with Crippen molar-refractivity contribution in [2.75, 3.05) is 14.2 Å². The molecule has 1 aromatic heterocycles. The maximum atomic E-state index is 16.8. The van der Waals surface area contributed by atoms with Crippen molar-refractivity contribution in [2.24, 2.45) is 0 Å². The topological polar surface area (TPSA) is 101 Å². The molecule has 5 rings (SSSR count). The molecule has 0 saturated carbocycles. The molecule has 1 unspecified atom stereocenters. The highest BCUT2D eigenvalue weighted by atomic mass is 28.4. The van der Waals surface area contributed by atoms with Crippen molar-refractivity contribution in [3.8, 4) is 11.5 Å². The molecule has 3 aromatic carbocycles. The van der Waals surface area contributed by atoms with E-state index in [2.05, 4.69) is 25.8 Å². The molecule has 0 aliphatic carbocycles. The number of aromatic amines is 1. The molecule has 1 N–H and O–H groups in total. The number of aromatic nitrogens is 2. The van der Waals surface area contributed by atoms with E-state index in [4.69, 9.17) is 23.4 Å². The highest BCUT2D eigenvalue weighted by Gasteiger charge is 2.54. The van der Waals surface area contributed by atoms with Crippen LogP contribution in [0.15, 0.2) is 101 Å². The monoisotopic (exact) mass is 676 g/mol. The third-order valence-electron chi connectivity index (χ3n) is 9.57. The molecule has 0 radical (unpaired) electrons. The normalized spacial score (nSPS) is 20.8. The Kier molecular flexibility index (Phi) is 10.2. The Morgan fingerprint density at radius 2 is 1.35 bits per heavy atom. The van der Waals surface area contributed by atoms with E-state index in [1.807, 2.05) is 98.9 Å². The molecule has 256 valence electrons. The van der Waals surface area contributed by atoms with Crippen LogP contribution in [-0.2, 0) is 19.5 Å². The van der Waals surface area contributed by atoms with Crippen LogP contribution in [0.1, 0.15) is 50.6 Å². The summed E-state index contributed by atoms with van der Waals surface area (Å²) in [5.74, 6) is 1.36. The lowest BCUT2D eigenvalue weighted by molar-refractivity contribution is -0.136. The van der Waals surface area contributed by atoms with Gasteiger partial charge < -0.3 is 23.4 Å². The smallest absolute Gasteiger partial charge is 0.330 e. The second kappa shape index (κ2) is 13.8. The third kappa shape index (κ3) is 6.77. The third-order valence-corrected chi connectivity index (χ3v) is 14.0. The molecular formula is C37H45FN2O7Si. The quantitative estimate of drug-likeness (QED) is 0.142. The Balaban J connectivity index is 1.66. The number of ether oxygens (including phenoxy) is 4. The van der Waals surface area contributed by atoms with Crippen LogP contribution in [0.4, 0.5) is 4.39 Å². The van der Waals surface area contributed by atoms with Crippen LogP contribution < -0.4 is 20.7 Å². The van der Waals surface area contributed by atoms with Gasteiger partial charge in [-0.15, -0.1) is 0 Å². The minimum absolute atomic E-state index is 0.242. The number of rotatable bonds is 11. The minimum Gasteiger partial charge on any atom is -0.497 e. The van der Waals surface area contributed by atoms with Crippen molar-refractivity contribution in [1.29, 1.82) is 0 Å². The number of hydrogen-bond acceptors (Lipinski definition) is 7. The number of benzene rings is 3. The highest BCUT2D eigenvalue weighted by molar-refractivity contribution is 6.74. The lowest BCUT2D eigenvalue weighted by Gasteiger charge is -2.42. The fraction of sp³-hybridized carbons (Fsp3) is 0.405. The number of halogens is 1. The van der Waals surface area contributed by atoms with E-state index in [1.54, 1.807) is 14.2 Å².